The zero-order valence-electron chi connectivity index (χ0n) is 29.0. The van der Waals surface area contributed by atoms with Crippen molar-refractivity contribution in [3.8, 4) is 0 Å². The molecule has 0 heterocycles. The van der Waals surface area contributed by atoms with Crippen molar-refractivity contribution >= 4 is 5.91 Å². The standard InChI is InChI=1S/C36H54NO2.C5H5.Fe/c1-23-14-19-36(31(39)37-22-25-10-8-9-11-25)21-20-34(6)26(30(36)24(23)2)12-13-28-33(5)17-16-29(38)32(3,4)27(33)15-18-35(28,34)7;1-2-4-5-3-1;/h8-12,23-24,27-30,38H,13-22H2,1-7H3,(H,37,39);1-5H;/q;;+2/t23-,24+,27+,28-,29+,30+,33+,34-,35-,36+;;/m1../s1. The van der Waals surface area contributed by atoms with E-state index in [0.717, 1.165) is 44.9 Å². The van der Waals surface area contributed by atoms with E-state index in [4.69, 9.17) is 0 Å². The molecule has 2 N–H and O–H groups in total. The summed E-state index contributed by atoms with van der Waals surface area (Å²) in [4.78, 5) is 14.2. The summed E-state index contributed by atoms with van der Waals surface area (Å²) in [5.74, 6) is 4.22. The van der Waals surface area contributed by atoms with Crippen LogP contribution in [0.25, 0.3) is 0 Å². The van der Waals surface area contributed by atoms with E-state index in [1.165, 1.54) is 18.8 Å². The van der Waals surface area contributed by atoms with Gasteiger partial charge in [0.25, 0.3) is 0 Å². The SMILES string of the molecule is C[C@H]1[C@H](C)CC[C@]2(C(=O)NC[C]3[CH][CH][CH][CH]3)CC[C@]3(C)C(=CC[C@@H]4[C@@]5(C)CC[C@H](O)C(C)(C)[C@@H]5CC[C@]43C)[C@H]12.[CH]1[CH][CH][CH][CH]1.[Fe+2]. The zero-order chi connectivity index (χ0) is 31.5. The first-order valence-electron chi connectivity index (χ1n) is 17.9. The Morgan fingerprint density at radius 2 is 1.47 bits per heavy atom. The molecule has 246 valence electrons. The number of amides is 1. The van der Waals surface area contributed by atoms with Crippen LogP contribution < -0.4 is 5.32 Å². The maximum absolute atomic E-state index is 14.2. The Hall–Kier alpha value is -0.311. The van der Waals surface area contributed by atoms with Crippen molar-refractivity contribution in [2.45, 2.75) is 112 Å². The van der Waals surface area contributed by atoms with E-state index in [1.807, 2.05) is 32.1 Å². The summed E-state index contributed by atoms with van der Waals surface area (Å²) in [6, 6.07) is 0. The number of allylic oxidation sites excluding steroid dienone is 2. The van der Waals surface area contributed by atoms with Gasteiger partial charge in [-0.1, -0.05) is 60.1 Å². The van der Waals surface area contributed by atoms with Gasteiger partial charge in [0, 0.05) is 12.5 Å². The van der Waals surface area contributed by atoms with E-state index in [1.54, 1.807) is 5.57 Å². The molecular formula is C41H59FeNO2+2. The van der Waals surface area contributed by atoms with E-state index in [2.05, 4.69) is 85.5 Å². The number of aliphatic hydroxyl groups is 1. The number of carbonyl (C=O) groups is 1. The van der Waals surface area contributed by atoms with Crippen LogP contribution in [-0.4, -0.2) is 23.7 Å². The van der Waals surface area contributed by atoms with Crippen molar-refractivity contribution in [1.82, 2.24) is 5.32 Å². The van der Waals surface area contributed by atoms with Gasteiger partial charge in [-0.2, -0.15) is 0 Å². The van der Waals surface area contributed by atoms with Crippen LogP contribution in [0.4, 0.5) is 0 Å². The molecule has 0 aromatic rings. The second kappa shape index (κ2) is 13.2. The molecule has 0 aromatic heterocycles. The Morgan fingerprint density at radius 3 is 2.11 bits per heavy atom. The topological polar surface area (TPSA) is 49.3 Å². The molecule has 0 unspecified atom stereocenters. The summed E-state index contributed by atoms with van der Waals surface area (Å²) in [6.07, 6.45) is 30.9. The molecule has 6 saturated carbocycles. The second-order valence-corrected chi connectivity index (χ2v) is 17.1. The van der Waals surface area contributed by atoms with Gasteiger partial charge < -0.3 is 10.4 Å². The van der Waals surface area contributed by atoms with E-state index in [-0.39, 0.29) is 50.2 Å². The number of rotatable bonds is 3. The number of hydrogen-bond acceptors (Lipinski definition) is 2. The molecule has 0 spiro atoms. The number of carbonyl (C=O) groups excluding carboxylic acids is 1. The number of aliphatic hydroxyl groups excluding tert-OH is 1. The molecule has 45 heavy (non-hydrogen) atoms. The summed E-state index contributed by atoms with van der Waals surface area (Å²) in [5, 5.41) is 14.4. The van der Waals surface area contributed by atoms with Crippen molar-refractivity contribution in [3.05, 3.63) is 75.4 Å². The fourth-order valence-electron chi connectivity index (χ4n) is 12.1. The van der Waals surface area contributed by atoms with Gasteiger partial charge in [0.1, 0.15) is 0 Å². The minimum Gasteiger partial charge on any atom is -0.393 e. The van der Waals surface area contributed by atoms with Crippen LogP contribution in [0.1, 0.15) is 106 Å². The molecule has 6 fully saturated rings. The van der Waals surface area contributed by atoms with Crippen molar-refractivity contribution in [1.29, 1.82) is 0 Å². The number of fused-ring (bicyclic) bond motifs is 7. The van der Waals surface area contributed by atoms with Gasteiger partial charge in [0.15, 0.2) is 0 Å². The number of hydrogen-bond donors (Lipinski definition) is 2. The summed E-state index contributed by atoms with van der Waals surface area (Å²) in [5.41, 5.74) is 1.98. The summed E-state index contributed by atoms with van der Waals surface area (Å²) in [6.45, 7) is 18.0. The molecule has 10 atom stereocenters. The predicted molar refractivity (Wildman–Crippen MR) is 180 cm³/mol. The Kier molecular flexibility index (Phi) is 10.5. The molecule has 0 saturated heterocycles. The molecule has 4 heteroatoms. The molecule has 7 aliphatic carbocycles. The first-order chi connectivity index (χ1) is 20.8. The smallest absolute Gasteiger partial charge is 0.393 e. The van der Waals surface area contributed by atoms with Crippen LogP contribution in [0, 0.1) is 120 Å². The van der Waals surface area contributed by atoms with Crippen LogP contribution in [0.15, 0.2) is 11.6 Å². The van der Waals surface area contributed by atoms with Crippen LogP contribution >= 0.6 is 0 Å². The quantitative estimate of drug-likeness (QED) is 0.237. The second-order valence-electron chi connectivity index (χ2n) is 17.1. The average molecular weight is 654 g/mol. The van der Waals surface area contributed by atoms with Crippen LogP contribution in [0.3, 0.4) is 0 Å². The van der Waals surface area contributed by atoms with Crippen molar-refractivity contribution in [2.75, 3.05) is 6.54 Å². The minimum atomic E-state index is -0.273. The maximum atomic E-state index is 14.2. The molecule has 0 bridgehead atoms. The van der Waals surface area contributed by atoms with Crippen LogP contribution in [0.2, 0.25) is 0 Å². The van der Waals surface area contributed by atoms with Gasteiger partial charge in [-0.15, -0.1) is 0 Å². The summed E-state index contributed by atoms with van der Waals surface area (Å²) < 4.78 is 0. The molecule has 1 amide bonds. The van der Waals surface area contributed by atoms with E-state index in [0.29, 0.717) is 42.0 Å². The van der Waals surface area contributed by atoms with E-state index >= 15 is 0 Å². The molecule has 7 aliphatic rings. The Labute approximate surface area is 288 Å². The molecule has 10 radical (unpaired) electrons. The predicted octanol–water partition coefficient (Wildman–Crippen LogP) is 8.55. The van der Waals surface area contributed by atoms with Crippen molar-refractivity contribution in [2.24, 2.45) is 56.7 Å². The van der Waals surface area contributed by atoms with Gasteiger partial charge in [-0.3, -0.25) is 4.79 Å². The van der Waals surface area contributed by atoms with Gasteiger partial charge in [0.2, 0.25) is 5.91 Å². The van der Waals surface area contributed by atoms with Gasteiger partial charge in [-0.05, 0) is 167 Å². The van der Waals surface area contributed by atoms with Gasteiger partial charge >= 0.3 is 17.1 Å². The first-order valence-corrected chi connectivity index (χ1v) is 17.9. The Bertz CT molecular complexity index is 1080. The van der Waals surface area contributed by atoms with E-state index in [9.17, 15) is 9.90 Å². The van der Waals surface area contributed by atoms with Crippen molar-refractivity contribution < 1.29 is 27.0 Å². The number of nitrogens with one attached hydrogen (secondary N) is 1. The van der Waals surface area contributed by atoms with Gasteiger partial charge in [-0.25, -0.2) is 0 Å². The van der Waals surface area contributed by atoms with E-state index < -0.39 is 0 Å². The third-order valence-corrected chi connectivity index (χ3v) is 15.2. The minimum absolute atomic E-state index is 0. The zero-order valence-corrected chi connectivity index (χ0v) is 30.1. The Balaban J connectivity index is 0.000000609. The monoisotopic (exact) mass is 653 g/mol. The largest absolute Gasteiger partial charge is 2.00 e. The maximum Gasteiger partial charge on any atom is 2.00 e. The summed E-state index contributed by atoms with van der Waals surface area (Å²) in [7, 11) is 0. The third-order valence-electron chi connectivity index (χ3n) is 15.2. The molecular weight excluding hydrogens is 594 g/mol. The summed E-state index contributed by atoms with van der Waals surface area (Å²) >= 11 is 0. The fraction of sp³-hybridized carbons (Fsp3) is 0.683. The van der Waals surface area contributed by atoms with Crippen molar-refractivity contribution in [3.63, 3.8) is 0 Å². The molecule has 0 aliphatic heterocycles. The Morgan fingerprint density at radius 1 is 0.822 bits per heavy atom. The molecule has 7 rings (SSSR count). The first kappa shape index (κ1) is 36.0. The fourth-order valence-corrected chi connectivity index (χ4v) is 12.1. The van der Waals surface area contributed by atoms with Crippen LogP contribution in [-0.2, 0) is 21.9 Å². The third kappa shape index (κ3) is 5.67. The van der Waals surface area contributed by atoms with Crippen LogP contribution in [0.5, 0.6) is 0 Å². The molecule has 3 nitrogen and oxygen atoms in total. The van der Waals surface area contributed by atoms with Gasteiger partial charge in [0.05, 0.1) is 11.5 Å². The molecule has 0 aromatic carbocycles. The normalized spacial score (nSPS) is 47.0. The average Bonchev–Trinajstić information content (AvgIpc) is 3.74.